The van der Waals surface area contributed by atoms with Gasteiger partial charge in [-0.2, -0.15) is 0 Å². The monoisotopic (exact) mass is 293 g/mol. The molecule has 1 rings (SSSR count). The number of hydrogen-bond donors (Lipinski definition) is 3. The minimum atomic E-state index is -0.662. The van der Waals surface area contributed by atoms with Gasteiger partial charge in [0.1, 0.15) is 6.04 Å². The van der Waals surface area contributed by atoms with Crippen LogP contribution >= 0.6 is 0 Å². The number of benzene rings is 1. The van der Waals surface area contributed by atoms with E-state index in [-0.39, 0.29) is 18.5 Å². The van der Waals surface area contributed by atoms with Crippen LogP contribution in [0, 0.1) is 0 Å². The van der Waals surface area contributed by atoms with Gasteiger partial charge >= 0.3 is 5.97 Å². The van der Waals surface area contributed by atoms with Crippen LogP contribution in [0.1, 0.15) is 12.0 Å². The summed E-state index contributed by atoms with van der Waals surface area (Å²) < 4.78 is 5.17. The molecule has 0 aliphatic carbocycles. The highest BCUT2D eigenvalue weighted by Gasteiger charge is 2.19. The molecule has 1 aromatic rings. The summed E-state index contributed by atoms with van der Waals surface area (Å²) in [4.78, 5) is 23.2. The summed E-state index contributed by atoms with van der Waals surface area (Å²) in [6.45, 7) is 0.125. The smallest absolute Gasteiger partial charge is 0.323 e. The molecule has 0 fully saturated rings. The maximum Gasteiger partial charge on any atom is 0.323 e. The van der Waals surface area contributed by atoms with Crippen LogP contribution < -0.4 is 16.4 Å². The molecule has 21 heavy (non-hydrogen) atoms. The number of likely N-dealkylation sites (N-methyl/N-ethyl adjacent to an activating group) is 2. The Morgan fingerprint density at radius 1 is 1.24 bits per heavy atom. The first-order valence-corrected chi connectivity index (χ1v) is 6.93. The van der Waals surface area contributed by atoms with Crippen molar-refractivity contribution in [2.45, 2.75) is 24.9 Å². The summed E-state index contributed by atoms with van der Waals surface area (Å²) in [6, 6.07) is 8.62. The Bertz CT molecular complexity index is 451. The van der Waals surface area contributed by atoms with Crippen molar-refractivity contribution in [3.63, 3.8) is 0 Å². The number of nitrogens with one attached hydrogen (secondary N) is 2. The van der Waals surface area contributed by atoms with E-state index in [1.807, 2.05) is 30.3 Å². The maximum absolute atomic E-state index is 12.0. The average Bonchev–Trinajstić information content (AvgIpc) is 2.52. The van der Waals surface area contributed by atoms with Gasteiger partial charge in [-0.15, -0.1) is 0 Å². The first-order chi connectivity index (χ1) is 10.1. The third-order valence-electron chi connectivity index (χ3n) is 3.17. The highest BCUT2D eigenvalue weighted by Crippen LogP contribution is 2.04. The molecule has 0 heterocycles. The molecule has 0 radical (unpaired) electrons. The predicted octanol–water partition coefficient (Wildman–Crippen LogP) is -0.176. The van der Waals surface area contributed by atoms with Crippen molar-refractivity contribution in [2.75, 3.05) is 20.7 Å². The van der Waals surface area contributed by atoms with E-state index in [1.165, 1.54) is 7.05 Å². The fraction of sp³-hybridized carbons (Fsp3) is 0.467. The second-order valence-corrected chi connectivity index (χ2v) is 4.71. The molecule has 0 aliphatic rings. The molecule has 1 aromatic carbocycles. The third kappa shape index (κ3) is 5.93. The van der Waals surface area contributed by atoms with Crippen LogP contribution in [0.3, 0.4) is 0 Å². The van der Waals surface area contributed by atoms with E-state index in [0.29, 0.717) is 12.8 Å². The summed E-state index contributed by atoms with van der Waals surface area (Å²) in [5, 5.41) is 5.39. The van der Waals surface area contributed by atoms with Crippen LogP contribution in [0.15, 0.2) is 30.3 Å². The second kappa shape index (κ2) is 9.10. The summed E-state index contributed by atoms with van der Waals surface area (Å²) in [6.07, 6.45) is 0.852. The van der Waals surface area contributed by atoms with Crippen molar-refractivity contribution < 1.29 is 14.3 Å². The molecule has 0 bridgehead atoms. The molecule has 0 aromatic heterocycles. The van der Waals surface area contributed by atoms with Gasteiger partial charge in [-0.1, -0.05) is 30.3 Å². The van der Waals surface area contributed by atoms with Gasteiger partial charge in [-0.05, 0) is 19.0 Å². The molecule has 6 nitrogen and oxygen atoms in total. The van der Waals surface area contributed by atoms with Crippen LogP contribution in [-0.4, -0.2) is 44.7 Å². The zero-order valence-corrected chi connectivity index (χ0v) is 12.5. The summed E-state index contributed by atoms with van der Waals surface area (Å²) in [5.74, 6) is -0.606. The SMILES string of the molecule is CNC(=O)[C@@H](N)CCOC(=O)[C@H](Cc1ccccc1)NC. The molecule has 4 N–H and O–H groups in total. The van der Waals surface area contributed by atoms with Crippen molar-refractivity contribution in [1.29, 1.82) is 0 Å². The Hall–Kier alpha value is -1.92. The zero-order valence-electron chi connectivity index (χ0n) is 12.5. The minimum absolute atomic E-state index is 0.125. The second-order valence-electron chi connectivity index (χ2n) is 4.71. The van der Waals surface area contributed by atoms with E-state index in [9.17, 15) is 9.59 Å². The van der Waals surface area contributed by atoms with Gasteiger partial charge in [-0.25, -0.2) is 0 Å². The standard InChI is InChI=1S/C15H23N3O3/c1-17-13(10-11-6-4-3-5-7-11)15(20)21-9-8-12(16)14(19)18-2/h3-7,12-13,17H,8-10,16H2,1-2H3,(H,18,19)/t12-,13-/m0/s1. The lowest BCUT2D eigenvalue weighted by atomic mass is 10.1. The first kappa shape index (κ1) is 17.1. The largest absolute Gasteiger partial charge is 0.464 e. The lowest BCUT2D eigenvalue weighted by Gasteiger charge is -2.16. The number of carbonyl (C=O) groups is 2. The fourth-order valence-electron chi connectivity index (χ4n) is 1.86. The minimum Gasteiger partial charge on any atom is -0.464 e. The molecule has 0 saturated heterocycles. The lowest BCUT2D eigenvalue weighted by molar-refractivity contribution is -0.146. The lowest BCUT2D eigenvalue weighted by Crippen LogP contribution is -2.41. The average molecular weight is 293 g/mol. The number of hydrogen-bond acceptors (Lipinski definition) is 5. The fourth-order valence-corrected chi connectivity index (χ4v) is 1.86. The Balaban J connectivity index is 2.40. The van der Waals surface area contributed by atoms with Gasteiger partial charge in [0, 0.05) is 13.5 Å². The molecule has 1 amide bonds. The van der Waals surface area contributed by atoms with E-state index in [1.54, 1.807) is 7.05 Å². The summed E-state index contributed by atoms with van der Waals surface area (Å²) in [5.41, 5.74) is 6.68. The summed E-state index contributed by atoms with van der Waals surface area (Å²) in [7, 11) is 3.23. The Labute approximate surface area is 125 Å². The van der Waals surface area contributed by atoms with Gasteiger partial charge in [0.2, 0.25) is 5.91 Å². The molecular formula is C15H23N3O3. The predicted molar refractivity (Wildman–Crippen MR) is 80.6 cm³/mol. The van der Waals surface area contributed by atoms with Gasteiger partial charge in [0.05, 0.1) is 12.6 Å². The van der Waals surface area contributed by atoms with Crippen molar-refractivity contribution in [3.05, 3.63) is 35.9 Å². The maximum atomic E-state index is 12.0. The van der Waals surface area contributed by atoms with Crippen molar-refractivity contribution in [2.24, 2.45) is 5.73 Å². The number of carbonyl (C=O) groups excluding carboxylic acids is 2. The van der Waals surface area contributed by atoms with E-state index >= 15 is 0 Å². The Morgan fingerprint density at radius 2 is 1.90 bits per heavy atom. The van der Waals surface area contributed by atoms with Crippen molar-refractivity contribution in [3.8, 4) is 0 Å². The van der Waals surface area contributed by atoms with Gasteiger partial charge in [0.15, 0.2) is 0 Å². The van der Waals surface area contributed by atoms with Crippen molar-refractivity contribution in [1.82, 2.24) is 10.6 Å². The van der Waals surface area contributed by atoms with Crippen LogP contribution in [0.25, 0.3) is 0 Å². The zero-order chi connectivity index (χ0) is 15.7. The van der Waals surface area contributed by atoms with Gasteiger partial charge in [-0.3, -0.25) is 9.59 Å². The summed E-state index contributed by atoms with van der Waals surface area (Å²) >= 11 is 0. The Kier molecular flexibility index (Phi) is 7.42. The molecule has 0 unspecified atom stereocenters. The molecule has 0 saturated carbocycles. The molecule has 0 spiro atoms. The van der Waals surface area contributed by atoms with Crippen LogP contribution in [0.2, 0.25) is 0 Å². The number of ether oxygens (including phenoxy) is 1. The van der Waals surface area contributed by atoms with E-state index in [4.69, 9.17) is 10.5 Å². The number of esters is 1. The highest BCUT2D eigenvalue weighted by molar-refractivity contribution is 5.81. The van der Waals surface area contributed by atoms with Crippen LogP contribution in [-0.2, 0) is 20.7 Å². The number of nitrogens with two attached hydrogens (primary N) is 1. The normalized spacial score (nSPS) is 13.3. The Morgan fingerprint density at radius 3 is 2.48 bits per heavy atom. The van der Waals surface area contributed by atoms with E-state index < -0.39 is 12.1 Å². The van der Waals surface area contributed by atoms with Crippen LogP contribution in [0.5, 0.6) is 0 Å². The molecule has 116 valence electrons. The van der Waals surface area contributed by atoms with Crippen molar-refractivity contribution >= 4 is 11.9 Å². The number of amides is 1. The molecule has 2 atom stereocenters. The van der Waals surface area contributed by atoms with Crippen LogP contribution in [0.4, 0.5) is 0 Å². The van der Waals surface area contributed by atoms with Gasteiger partial charge in [0.25, 0.3) is 0 Å². The molecule has 6 heteroatoms. The van der Waals surface area contributed by atoms with Gasteiger partial charge < -0.3 is 21.1 Å². The molecular weight excluding hydrogens is 270 g/mol. The quantitative estimate of drug-likeness (QED) is 0.578. The highest BCUT2D eigenvalue weighted by atomic mass is 16.5. The first-order valence-electron chi connectivity index (χ1n) is 6.93. The van der Waals surface area contributed by atoms with E-state index in [2.05, 4.69) is 10.6 Å². The number of rotatable bonds is 8. The third-order valence-corrected chi connectivity index (χ3v) is 3.17. The van der Waals surface area contributed by atoms with E-state index in [0.717, 1.165) is 5.56 Å². The molecule has 0 aliphatic heterocycles. The topological polar surface area (TPSA) is 93.5 Å².